The fraction of sp³-hybridized carbons (Fsp3) is 0. The van der Waals surface area contributed by atoms with E-state index in [1.54, 1.807) is 18.2 Å². The first-order chi connectivity index (χ1) is 8.83. The molecule has 2 N–H and O–H groups in total. The fourth-order valence-electron chi connectivity index (χ4n) is 1.63. The molecule has 0 fully saturated rings. The van der Waals surface area contributed by atoms with Crippen LogP contribution in [0.25, 0.3) is 0 Å². The molecule has 2 rings (SSSR count). The summed E-state index contributed by atoms with van der Waals surface area (Å²) < 4.78 is 47.7. The van der Waals surface area contributed by atoms with Gasteiger partial charge in [0.1, 0.15) is 4.90 Å². The van der Waals surface area contributed by atoms with Crippen molar-refractivity contribution in [3.05, 3.63) is 54.6 Å². The van der Waals surface area contributed by atoms with Crippen molar-refractivity contribution in [1.29, 1.82) is 0 Å². The molecular formula is C12H12NNaO4S2. The number of sulfone groups is 1. The molecule has 0 aliphatic rings. The van der Waals surface area contributed by atoms with Gasteiger partial charge in [-0.2, -0.15) is 0 Å². The molecule has 0 aliphatic heterocycles. The van der Waals surface area contributed by atoms with Crippen LogP contribution in [0.2, 0.25) is 0 Å². The van der Waals surface area contributed by atoms with E-state index < -0.39 is 24.8 Å². The van der Waals surface area contributed by atoms with Crippen LogP contribution in [0.1, 0.15) is 0 Å². The van der Waals surface area contributed by atoms with Gasteiger partial charge >= 0.3 is 29.6 Å². The van der Waals surface area contributed by atoms with Gasteiger partial charge in [-0.15, -0.1) is 0 Å². The number of rotatable bonds is 3. The number of benzene rings is 2. The van der Waals surface area contributed by atoms with E-state index >= 15 is 0 Å². The average Bonchev–Trinajstić information content (AvgIpc) is 2.39. The number of hydrogen-bond donors (Lipinski definition) is 1. The second-order valence-electron chi connectivity index (χ2n) is 3.81. The third-order valence-corrected chi connectivity index (χ3v) is 5.42. The van der Waals surface area contributed by atoms with E-state index in [1.165, 1.54) is 36.4 Å². The Labute approximate surface area is 140 Å². The van der Waals surface area contributed by atoms with Gasteiger partial charge in [0.15, 0.2) is 0 Å². The van der Waals surface area contributed by atoms with E-state index in [9.17, 15) is 16.8 Å². The van der Waals surface area contributed by atoms with Crippen molar-refractivity contribution in [1.82, 2.24) is 0 Å². The van der Waals surface area contributed by atoms with Crippen LogP contribution in [0.3, 0.4) is 0 Å². The number of hydrogen-bond acceptors (Lipinski definition) is 4. The minimum absolute atomic E-state index is 0. The van der Waals surface area contributed by atoms with Crippen molar-refractivity contribution in [3.63, 3.8) is 0 Å². The normalized spacial score (nSPS) is 11.7. The molecule has 0 amide bonds. The number of primary sulfonamides is 1. The number of sulfonamides is 1. The topological polar surface area (TPSA) is 94.3 Å². The van der Waals surface area contributed by atoms with Gasteiger partial charge in [0, 0.05) is 0 Å². The molecule has 0 unspecified atom stereocenters. The Hall–Kier alpha value is -0.700. The van der Waals surface area contributed by atoms with Gasteiger partial charge < -0.3 is 0 Å². The van der Waals surface area contributed by atoms with E-state index in [-0.39, 0.29) is 39.3 Å². The summed E-state index contributed by atoms with van der Waals surface area (Å²) in [5, 5.41) is 5.04. The second kappa shape index (κ2) is 6.38. The molecule has 0 bridgehead atoms. The summed E-state index contributed by atoms with van der Waals surface area (Å²) in [4.78, 5) is -0.700. The third kappa shape index (κ3) is 3.49. The fourth-order valence-corrected chi connectivity index (χ4v) is 4.29. The molecule has 2 aromatic carbocycles. The molecule has 0 aliphatic carbocycles. The molecule has 0 saturated heterocycles. The van der Waals surface area contributed by atoms with Gasteiger partial charge in [-0.1, -0.05) is 30.3 Å². The third-order valence-electron chi connectivity index (χ3n) is 2.50. The molecule has 0 aromatic heterocycles. The van der Waals surface area contributed by atoms with Gasteiger partial charge in [0.05, 0.1) is 9.79 Å². The number of nitrogens with two attached hydrogens (primary N) is 1. The summed E-state index contributed by atoms with van der Waals surface area (Å²) in [5.41, 5.74) is 0. The van der Waals surface area contributed by atoms with E-state index in [2.05, 4.69) is 0 Å². The minimum atomic E-state index is -4.10. The van der Waals surface area contributed by atoms with Gasteiger partial charge in [0.25, 0.3) is 0 Å². The van der Waals surface area contributed by atoms with Gasteiger partial charge in [-0.05, 0) is 24.3 Å². The first-order valence-corrected chi connectivity index (χ1v) is 8.28. The van der Waals surface area contributed by atoms with Gasteiger partial charge in [-0.3, -0.25) is 0 Å². The molecule has 0 spiro atoms. The maximum atomic E-state index is 12.4. The summed E-state index contributed by atoms with van der Waals surface area (Å²) in [7, 11) is -8.02. The van der Waals surface area contributed by atoms with Crippen molar-refractivity contribution >= 4 is 49.4 Å². The Kier molecular flexibility index (Phi) is 5.54. The SMILES string of the molecule is NS(=O)(=O)c1ccccc1S(=O)(=O)c1ccccc1.[NaH]. The van der Waals surface area contributed by atoms with Crippen LogP contribution in [0.5, 0.6) is 0 Å². The summed E-state index contributed by atoms with van der Waals surface area (Å²) in [5.74, 6) is 0. The Bertz CT molecular complexity index is 802. The molecular weight excluding hydrogens is 309 g/mol. The van der Waals surface area contributed by atoms with E-state index in [4.69, 9.17) is 5.14 Å². The van der Waals surface area contributed by atoms with E-state index in [1.807, 2.05) is 0 Å². The van der Waals surface area contributed by atoms with Crippen LogP contribution in [0.15, 0.2) is 69.3 Å². The maximum absolute atomic E-state index is 12.4. The van der Waals surface area contributed by atoms with Crippen LogP contribution >= 0.6 is 0 Å². The van der Waals surface area contributed by atoms with E-state index in [0.717, 1.165) is 0 Å². The van der Waals surface area contributed by atoms with Gasteiger partial charge in [0.2, 0.25) is 19.9 Å². The van der Waals surface area contributed by atoms with Crippen molar-refractivity contribution in [2.24, 2.45) is 5.14 Å². The first-order valence-electron chi connectivity index (χ1n) is 5.25. The predicted molar refractivity (Wildman–Crippen MR) is 76.9 cm³/mol. The van der Waals surface area contributed by atoms with Crippen LogP contribution in [0.4, 0.5) is 0 Å². The van der Waals surface area contributed by atoms with Crippen LogP contribution in [-0.2, 0) is 19.9 Å². The Morgan fingerprint density at radius 2 is 1.15 bits per heavy atom. The molecule has 5 nitrogen and oxygen atoms in total. The molecule has 20 heavy (non-hydrogen) atoms. The predicted octanol–water partition coefficient (Wildman–Crippen LogP) is 0.518. The van der Waals surface area contributed by atoms with Crippen molar-refractivity contribution < 1.29 is 16.8 Å². The first kappa shape index (κ1) is 17.4. The molecule has 0 radical (unpaired) electrons. The molecule has 8 heteroatoms. The summed E-state index contributed by atoms with van der Waals surface area (Å²) in [6.07, 6.45) is 0. The zero-order valence-corrected chi connectivity index (χ0v) is 11.4. The van der Waals surface area contributed by atoms with Crippen molar-refractivity contribution in [2.75, 3.05) is 0 Å². The monoisotopic (exact) mass is 321 g/mol. The second-order valence-corrected chi connectivity index (χ2v) is 7.26. The van der Waals surface area contributed by atoms with Crippen LogP contribution in [0, 0.1) is 0 Å². The Balaban J connectivity index is 0.00000200. The zero-order valence-electron chi connectivity index (χ0n) is 9.72. The summed E-state index contributed by atoms with van der Waals surface area (Å²) in [6.45, 7) is 0. The molecule has 0 atom stereocenters. The van der Waals surface area contributed by atoms with Crippen molar-refractivity contribution in [3.8, 4) is 0 Å². The molecule has 102 valence electrons. The standard InChI is InChI=1S/C12H11NO4S2.Na.H/c13-19(16,17)12-9-5-4-8-11(12)18(14,15)10-6-2-1-3-7-10;;/h1-9H,(H2,13,16,17);;. The van der Waals surface area contributed by atoms with E-state index in [0.29, 0.717) is 0 Å². The van der Waals surface area contributed by atoms with Gasteiger partial charge in [-0.25, -0.2) is 22.0 Å². The average molecular weight is 321 g/mol. The zero-order chi connectivity index (χ0) is 14.1. The molecule has 0 saturated carbocycles. The van der Waals surface area contributed by atoms with Crippen molar-refractivity contribution in [2.45, 2.75) is 14.7 Å². The summed E-state index contributed by atoms with van der Waals surface area (Å²) >= 11 is 0. The van der Waals surface area contributed by atoms with Crippen LogP contribution in [-0.4, -0.2) is 46.4 Å². The van der Waals surface area contributed by atoms with Crippen LogP contribution < -0.4 is 5.14 Å². The summed E-state index contributed by atoms with van der Waals surface area (Å²) in [6, 6.07) is 12.9. The molecule has 2 aromatic rings. The molecule has 0 heterocycles. The Morgan fingerprint density at radius 3 is 1.65 bits per heavy atom. The quantitative estimate of drug-likeness (QED) is 0.834. The Morgan fingerprint density at radius 1 is 0.700 bits per heavy atom.